The highest BCUT2D eigenvalue weighted by Gasteiger charge is 2.29. The van der Waals surface area contributed by atoms with Crippen LogP contribution in [0.2, 0.25) is 0 Å². The lowest BCUT2D eigenvalue weighted by Crippen LogP contribution is -2.40. The van der Waals surface area contributed by atoms with Gasteiger partial charge >= 0.3 is 0 Å². The van der Waals surface area contributed by atoms with E-state index in [9.17, 15) is 4.79 Å². The number of hydrogen-bond acceptors (Lipinski definition) is 3. The Balaban J connectivity index is 2.26. The van der Waals surface area contributed by atoms with Gasteiger partial charge in [0.25, 0.3) is 0 Å². The van der Waals surface area contributed by atoms with Crippen molar-refractivity contribution in [3.8, 4) is 0 Å². The van der Waals surface area contributed by atoms with Crippen LogP contribution in [0.1, 0.15) is 26.2 Å². The first-order chi connectivity index (χ1) is 7.19. The summed E-state index contributed by atoms with van der Waals surface area (Å²) in [4.78, 5) is 15.9. The third-order valence-corrected chi connectivity index (χ3v) is 2.97. The van der Waals surface area contributed by atoms with Crippen LogP contribution in [0.3, 0.4) is 0 Å². The van der Waals surface area contributed by atoms with Crippen molar-refractivity contribution in [1.82, 2.24) is 9.80 Å². The minimum absolute atomic E-state index is 0.247. The van der Waals surface area contributed by atoms with Crippen LogP contribution in [-0.4, -0.2) is 55.0 Å². The zero-order valence-corrected chi connectivity index (χ0v) is 9.91. The van der Waals surface area contributed by atoms with E-state index in [1.807, 2.05) is 11.9 Å². The number of nitrogens with zero attached hydrogens (tertiary/aromatic N) is 2. The van der Waals surface area contributed by atoms with Gasteiger partial charge in [0.2, 0.25) is 5.91 Å². The maximum Gasteiger partial charge on any atom is 0.236 e. The van der Waals surface area contributed by atoms with Gasteiger partial charge in [0, 0.05) is 13.1 Å². The first-order valence-corrected chi connectivity index (χ1v) is 5.87. The van der Waals surface area contributed by atoms with Crippen molar-refractivity contribution in [2.75, 3.05) is 33.2 Å². The maximum absolute atomic E-state index is 11.8. The summed E-state index contributed by atoms with van der Waals surface area (Å²) in [5.74, 6) is 0.247. The topological polar surface area (TPSA) is 49.6 Å². The summed E-state index contributed by atoms with van der Waals surface area (Å²) < 4.78 is 0. The number of nitrogens with two attached hydrogens (primary N) is 1. The van der Waals surface area contributed by atoms with E-state index in [1.165, 1.54) is 12.8 Å². The van der Waals surface area contributed by atoms with Gasteiger partial charge < -0.3 is 10.6 Å². The Kier molecular flexibility index (Phi) is 5.05. The number of rotatable bonds is 7. The zero-order chi connectivity index (χ0) is 11.3. The molecule has 1 fully saturated rings. The second-order valence-electron chi connectivity index (χ2n) is 4.25. The molecule has 1 rings (SSSR count). The first-order valence-electron chi connectivity index (χ1n) is 5.87. The van der Waals surface area contributed by atoms with Crippen LogP contribution in [0.25, 0.3) is 0 Å². The normalized spacial score (nSPS) is 15.7. The summed E-state index contributed by atoms with van der Waals surface area (Å²) in [5, 5.41) is 0. The Morgan fingerprint density at radius 1 is 1.47 bits per heavy atom. The van der Waals surface area contributed by atoms with Crippen molar-refractivity contribution in [2.24, 2.45) is 5.73 Å². The molecule has 2 N–H and O–H groups in total. The zero-order valence-electron chi connectivity index (χ0n) is 9.91. The molecule has 1 aliphatic carbocycles. The Hall–Kier alpha value is -0.610. The average molecular weight is 213 g/mol. The molecule has 1 aliphatic rings. The molecule has 0 unspecified atom stereocenters. The van der Waals surface area contributed by atoms with Gasteiger partial charge in [-0.3, -0.25) is 9.69 Å². The highest BCUT2D eigenvalue weighted by Crippen LogP contribution is 2.25. The minimum Gasteiger partial charge on any atom is -0.342 e. The van der Waals surface area contributed by atoms with Crippen LogP contribution in [0, 0.1) is 0 Å². The number of carbonyl (C=O) groups excluding carboxylic acids is 1. The summed E-state index contributed by atoms with van der Waals surface area (Å²) >= 11 is 0. The monoisotopic (exact) mass is 213 g/mol. The molecule has 0 aromatic carbocycles. The second-order valence-corrected chi connectivity index (χ2v) is 4.25. The largest absolute Gasteiger partial charge is 0.342 e. The van der Waals surface area contributed by atoms with Gasteiger partial charge in [-0.1, -0.05) is 6.92 Å². The summed E-state index contributed by atoms with van der Waals surface area (Å²) in [5.41, 5.74) is 5.46. The third-order valence-electron chi connectivity index (χ3n) is 2.97. The van der Waals surface area contributed by atoms with Gasteiger partial charge in [-0.05, 0) is 38.9 Å². The van der Waals surface area contributed by atoms with E-state index < -0.39 is 0 Å². The van der Waals surface area contributed by atoms with E-state index in [2.05, 4.69) is 11.8 Å². The number of hydrogen-bond donors (Lipinski definition) is 1. The average Bonchev–Trinajstić information content (AvgIpc) is 3.06. The number of carbonyl (C=O) groups is 1. The van der Waals surface area contributed by atoms with Gasteiger partial charge in [-0.15, -0.1) is 0 Å². The van der Waals surface area contributed by atoms with E-state index in [-0.39, 0.29) is 5.91 Å². The van der Waals surface area contributed by atoms with E-state index in [0.29, 0.717) is 19.1 Å². The Labute approximate surface area is 92.4 Å². The summed E-state index contributed by atoms with van der Waals surface area (Å²) in [6.45, 7) is 5.18. The van der Waals surface area contributed by atoms with Crippen molar-refractivity contribution in [3.05, 3.63) is 0 Å². The molecule has 0 heterocycles. The highest BCUT2D eigenvalue weighted by molar-refractivity contribution is 5.78. The predicted molar refractivity (Wildman–Crippen MR) is 61.6 cm³/mol. The van der Waals surface area contributed by atoms with Crippen molar-refractivity contribution < 1.29 is 4.79 Å². The Morgan fingerprint density at radius 3 is 2.60 bits per heavy atom. The number of amides is 1. The molecule has 0 aromatic heterocycles. The molecule has 88 valence electrons. The highest BCUT2D eigenvalue weighted by atomic mass is 16.2. The molecule has 0 aliphatic heterocycles. The van der Waals surface area contributed by atoms with Gasteiger partial charge in [0.1, 0.15) is 0 Å². The van der Waals surface area contributed by atoms with Crippen molar-refractivity contribution in [1.29, 1.82) is 0 Å². The first kappa shape index (κ1) is 12.5. The second kappa shape index (κ2) is 6.08. The van der Waals surface area contributed by atoms with Gasteiger partial charge in [-0.2, -0.15) is 0 Å². The van der Waals surface area contributed by atoms with Gasteiger partial charge in [0.05, 0.1) is 6.54 Å². The minimum atomic E-state index is 0.247. The smallest absolute Gasteiger partial charge is 0.236 e. The molecule has 1 amide bonds. The van der Waals surface area contributed by atoms with Gasteiger partial charge in [-0.25, -0.2) is 0 Å². The molecule has 0 spiro atoms. The van der Waals surface area contributed by atoms with Crippen molar-refractivity contribution in [2.45, 2.75) is 32.2 Å². The number of likely N-dealkylation sites (N-methyl/N-ethyl adjacent to an activating group) is 2. The lowest BCUT2D eigenvalue weighted by molar-refractivity contribution is -0.131. The molecule has 15 heavy (non-hydrogen) atoms. The lowest BCUT2D eigenvalue weighted by atomic mass is 10.3. The molecular weight excluding hydrogens is 190 g/mol. The molecule has 0 saturated heterocycles. The predicted octanol–water partition coefficient (Wildman–Crippen LogP) is 0.278. The fourth-order valence-corrected chi connectivity index (χ4v) is 1.63. The molecular formula is C11H23N3O. The molecule has 0 atom stereocenters. The van der Waals surface area contributed by atoms with Gasteiger partial charge in [0.15, 0.2) is 0 Å². The van der Waals surface area contributed by atoms with E-state index in [4.69, 9.17) is 5.73 Å². The standard InChI is InChI=1S/C11H23N3O/c1-3-14(8-4-7-12)9-11(15)13(2)10-5-6-10/h10H,3-9,12H2,1-2H3. The van der Waals surface area contributed by atoms with E-state index in [0.717, 1.165) is 19.5 Å². The molecule has 0 aromatic rings. The quantitative estimate of drug-likeness (QED) is 0.661. The molecule has 4 nitrogen and oxygen atoms in total. The fraction of sp³-hybridized carbons (Fsp3) is 0.909. The Morgan fingerprint density at radius 2 is 2.13 bits per heavy atom. The van der Waals surface area contributed by atoms with Crippen molar-refractivity contribution >= 4 is 5.91 Å². The summed E-state index contributed by atoms with van der Waals surface area (Å²) in [6.07, 6.45) is 3.32. The summed E-state index contributed by atoms with van der Waals surface area (Å²) in [6, 6.07) is 0.519. The van der Waals surface area contributed by atoms with Crippen LogP contribution in [0.15, 0.2) is 0 Å². The van der Waals surface area contributed by atoms with E-state index >= 15 is 0 Å². The van der Waals surface area contributed by atoms with Crippen molar-refractivity contribution in [3.63, 3.8) is 0 Å². The molecule has 0 radical (unpaired) electrons. The van der Waals surface area contributed by atoms with E-state index in [1.54, 1.807) is 0 Å². The van der Waals surface area contributed by atoms with Crippen LogP contribution >= 0.6 is 0 Å². The summed E-state index contributed by atoms with van der Waals surface area (Å²) in [7, 11) is 1.91. The van der Waals surface area contributed by atoms with Crippen LogP contribution in [0.5, 0.6) is 0 Å². The molecule has 0 bridgehead atoms. The fourth-order valence-electron chi connectivity index (χ4n) is 1.63. The SMILES string of the molecule is CCN(CCCN)CC(=O)N(C)C1CC1. The molecule has 1 saturated carbocycles. The maximum atomic E-state index is 11.8. The lowest BCUT2D eigenvalue weighted by Gasteiger charge is -2.23. The van der Waals surface area contributed by atoms with Crippen LogP contribution in [-0.2, 0) is 4.79 Å². The molecule has 4 heteroatoms. The van der Waals surface area contributed by atoms with Crippen LogP contribution in [0.4, 0.5) is 0 Å². The third kappa shape index (κ3) is 4.18. The Bertz CT molecular complexity index is 204. The van der Waals surface area contributed by atoms with Crippen LogP contribution < -0.4 is 5.73 Å².